The number of hydrogen-bond donors (Lipinski definition) is 1. The number of aromatic nitrogens is 2. The fourth-order valence-electron chi connectivity index (χ4n) is 2.86. The molecule has 1 atom stereocenters. The molecule has 2 aromatic carbocycles. The van der Waals surface area contributed by atoms with Crippen molar-refractivity contribution in [2.24, 2.45) is 0 Å². The number of carbonyl (C=O) groups excluding carboxylic acids is 1. The summed E-state index contributed by atoms with van der Waals surface area (Å²) in [5, 5.41) is 6.81. The van der Waals surface area contributed by atoms with Crippen LogP contribution in [0.1, 0.15) is 6.92 Å². The predicted molar refractivity (Wildman–Crippen MR) is 115 cm³/mol. The van der Waals surface area contributed by atoms with E-state index in [0.29, 0.717) is 28.6 Å². The van der Waals surface area contributed by atoms with Gasteiger partial charge in [0, 0.05) is 30.0 Å². The van der Waals surface area contributed by atoms with Crippen molar-refractivity contribution in [3.05, 3.63) is 64.7 Å². The number of amides is 1. The van der Waals surface area contributed by atoms with Gasteiger partial charge in [-0.3, -0.25) is 9.59 Å². The molecule has 1 N–H and O–H groups in total. The normalized spacial score (nSPS) is 11.4. The fourth-order valence-corrected chi connectivity index (χ4v) is 2.86. The van der Waals surface area contributed by atoms with Crippen molar-refractivity contribution in [1.82, 2.24) is 9.78 Å². The number of hydrogen-bond acceptors (Lipinski definition) is 7. The van der Waals surface area contributed by atoms with E-state index in [1.54, 1.807) is 12.1 Å². The smallest absolute Gasteiger partial charge is 0.271 e. The number of nitrogens with zero attached hydrogens (tertiary/aromatic N) is 2. The first-order valence-electron chi connectivity index (χ1n) is 9.50. The van der Waals surface area contributed by atoms with E-state index in [1.165, 1.54) is 64.7 Å². The minimum absolute atomic E-state index is 0.0430. The minimum Gasteiger partial charge on any atom is -0.493 e. The zero-order valence-corrected chi connectivity index (χ0v) is 17.9. The van der Waals surface area contributed by atoms with Gasteiger partial charge in [-0.2, -0.15) is 4.68 Å². The van der Waals surface area contributed by atoms with Crippen molar-refractivity contribution < 1.29 is 28.1 Å². The number of ether oxygens (including phenoxy) is 4. The molecule has 1 aromatic heterocycles. The summed E-state index contributed by atoms with van der Waals surface area (Å²) in [7, 11) is 4.42. The third-order valence-electron chi connectivity index (χ3n) is 4.45. The molecule has 168 valence electrons. The monoisotopic (exact) mass is 443 g/mol. The Morgan fingerprint density at radius 1 is 1.00 bits per heavy atom. The lowest BCUT2D eigenvalue weighted by Gasteiger charge is -2.17. The number of methoxy groups -OCH3 is 3. The van der Waals surface area contributed by atoms with Crippen LogP contribution in [0.3, 0.4) is 0 Å². The second-order valence-electron chi connectivity index (χ2n) is 6.56. The Labute approximate surface area is 183 Å². The van der Waals surface area contributed by atoms with Crippen molar-refractivity contribution in [1.29, 1.82) is 0 Å². The van der Waals surface area contributed by atoms with Gasteiger partial charge in [-0.25, -0.2) is 4.39 Å². The van der Waals surface area contributed by atoms with Crippen molar-refractivity contribution >= 4 is 11.6 Å². The summed E-state index contributed by atoms with van der Waals surface area (Å²) < 4.78 is 35.6. The maximum Gasteiger partial charge on any atom is 0.271 e. The summed E-state index contributed by atoms with van der Waals surface area (Å²) >= 11 is 0. The molecule has 1 amide bonds. The molecule has 0 unspecified atom stereocenters. The Hall–Kier alpha value is -4.08. The van der Waals surface area contributed by atoms with Crippen molar-refractivity contribution in [3.63, 3.8) is 0 Å². The third kappa shape index (κ3) is 4.97. The average Bonchev–Trinajstić information content (AvgIpc) is 2.80. The lowest BCUT2D eigenvalue weighted by atomic mass is 10.2. The molecule has 0 spiro atoms. The molecule has 0 bridgehead atoms. The van der Waals surface area contributed by atoms with Gasteiger partial charge in [0.05, 0.1) is 27.0 Å². The molecule has 0 aliphatic rings. The van der Waals surface area contributed by atoms with E-state index in [0.717, 1.165) is 4.68 Å². The highest BCUT2D eigenvalue weighted by molar-refractivity contribution is 5.94. The van der Waals surface area contributed by atoms with E-state index < -0.39 is 23.4 Å². The second kappa shape index (κ2) is 9.82. The molecule has 0 saturated heterocycles. The van der Waals surface area contributed by atoms with Gasteiger partial charge in [0.1, 0.15) is 5.82 Å². The van der Waals surface area contributed by atoms with E-state index in [-0.39, 0.29) is 5.88 Å². The number of carbonyl (C=O) groups is 1. The molecule has 3 rings (SSSR count). The Bertz CT molecular complexity index is 1140. The van der Waals surface area contributed by atoms with Crippen LogP contribution in [0.5, 0.6) is 23.1 Å². The van der Waals surface area contributed by atoms with E-state index in [2.05, 4.69) is 10.4 Å². The molecule has 9 nitrogen and oxygen atoms in total. The number of nitrogens with one attached hydrogen (secondary N) is 1. The van der Waals surface area contributed by atoms with E-state index >= 15 is 0 Å². The fraction of sp³-hybridized carbons (Fsp3) is 0.227. The van der Waals surface area contributed by atoms with Crippen molar-refractivity contribution in [3.8, 4) is 28.8 Å². The van der Waals surface area contributed by atoms with Crippen molar-refractivity contribution in [2.75, 3.05) is 26.6 Å². The van der Waals surface area contributed by atoms with Crippen LogP contribution in [0.4, 0.5) is 10.1 Å². The van der Waals surface area contributed by atoms with Gasteiger partial charge in [0.25, 0.3) is 11.5 Å². The van der Waals surface area contributed by atoms with Crippen LogP contribution in [0.25, 0.3) is 5.69 Å². The summed E-state index contributed by atoms with van der Waals surface area (Å²) in [6.07, 6.45) is -0.958. The molecular formula is C22H22FN3O6. The number of halogens is 1. The lowest BCUT2D eigenvalue weighted by Crippen LogP contribution is -2.31. The molecular weight excluding hydrogens is 421 g/mol. The molecule has 10 heteroatoms. The standard InChI is InChI=1S/C22H22FN3O6/c1-13(22(28)24-15-11-17(29-2)21(31-4)18(12-15)30-3)32-19-9-10-20(27)26(25-19)16-7-5-14(23)6-8-16/h5-13H,1-4H3,(H,24,28)/t13-/m1/s1. The van der Waals surface area contributed by atoms with Gasteiger partial charge < -0.3 is 24.3 Å². The SMILES string of the molecule is COc1cc(NC(=O)[C@@H](C)Oc2ccc(=O)n(-c3ccc(F)cc3)n2)cc(OC)c1OC. The molecule has 3 aromatic rings. The molecule has 0 saturated carbocycles. The quantitative estimate of drug-likeness (QED) is 0.571. The van der Waals surface area contributed by atoms with Gasteiger partial charge in [-0.05, 0) is 31.2 Å². The lowest BCUT2D eigenvalue weighted by molar-refractivity contribution is -0.122. The van der Waals surface area contributed by atoms with E-state index in [9.17, 15) is 14.0 Å². The minimum atomic E-state index is -0.958. The van der Waals surface area contributed by atoms with Crippen LogP contribution in [0.2, 0.25) is 0 Å². The molecule has 0 aliphatic heterocycles. The summed E-state index contributed by atoms with van der Waals surface area (Å²) in [6, 6.07) is 11.0. The van der Waals surface area contributed by atoms with Crippen LogP contribution in [-0.2, 0) is 4.79 Å². The molecule has 0 fully saturated rings. The predicted octanol–water partition coefficient (Wildman–Crippen LogP) is 2.80. The maximum atomic E-state index is 13.2. The summed E-state index contributed by atoms with van der Waals surface area (Å²) in [5.41, 5.74) is 0.332. The van der Waals surface area contributed by atoms with Crippen LogP contribution in [-0.4, -0.2) is 43.1 Å². The first kappa shape index (κ1) is 22.6. The highest BCUT2D eigenvalue weighted by atomic mass is 19.1. The molecule has 1 heterocycles. The third-order valence-corrected chi connectivity index (χ3v) is 4.45. The summed E-state index contributed by atoms with van der Waals surface area (Å²) in [5.74, 6) is 0.283. The maximum absolute atomic E-state index is 13.2. The first-order chi connectivity index (χ1) is 15.4. The molecule has 0 radical (unpaired) electrons. The van der Waals surface area contributed by atoms with Gasteiger partial charge in [-0.15, -0.1) is 5.10 Å². The Kier molecular flexibility index (Phi) is 6.93. The van der Waals surface area contributed by atoms with Crippen LogP contribution in [0.15, 0.2) is 53.3 Å². The topological polar surface area (TPSA) is 101 Å². The van der Waals surface area contributed by atoms with E-state index in [1.807, 2.05) is 0 Å². The highest BCUT2D eigenvalue weighted by Gasteiger charge is 2.19. The number of anilines is 1. The van der Waals surface area contributed by atoms with Gasteiger partial charge >= 0.3 is 0 Å². The zero-order chi connectivity index (χ0) is 23.3. The molecule has 0 aliphatic carbocycles. The number of rotatable bonds is 8. The van der Waals surface area contributed by atoms with Gasteiger partial charge in [-0.1, -0.05) is 0 Å². The summed E-state index contributed by atoms with van der Waals surface area (Å²) in [6.45, 7) is 1.53. The first-order valence-corrected chi connectivity index (χ1v) is 9.50. The van der Waals surface area contributed by atoms with Crippen molar-refractivity contribution in [2.45, 2.75) is 13.0 Å². The second-order valence-corrected chi connectivity index (χ2v) is 6.56. The Morgan fingerprint density at radius 2 is 1.62 bits per heavy atom. The van der Waals surface area contributed by atoms with E-state index in [4.69, 9.17) is 18.9 Å². The summed E-state index contributed by atoms with van der Waals surface area (Å²) in [4.78, 5) is 24.8. The van der Waals surface area contributed by atoms with Gasteiger partial charge in [0.2, 0.25) is 11.6 Å². The number of benzene rings is 2. The van der Waals surface area contributed by atoms with Crippen LogP contribution >= 0.6 is 0 Å². The average molecular weight is 443 g/mol. The molecule has 32 heavy (non-hydrogen) atoms. The largest absolute Gasteiger partial charge is 0.493 e. The Morgan fingerprint density at radius 3 is 2.19 bits per heavy atom. The zero-order valence-electron chi connectivity index (χ0n) is 17.9. The van der Waals surface area contributed by atoms with Crippen LogP contribution < -0.4 is 29.8 Å². The Balaban J connectivity index is 1.77. The van der Waals surface area contributed by atoms with Gasteiger partial charge in [0.15, 0.2) is 17.6 Å². The highest BCUT2D eigenvalue weighted by Crippen LogP contribution is 2.39. The van der Waals surface area contributed by atoms with Crippen LogP contribution in [0, 0.1) is 5.82 Å².